The first-order valence-corrected chi connectivity index (χ1v) is 6.51. The van der Waals surface area contributed by atoms with E-state index >= 15 is 0 Å². The molecule has 5 heteroatoms. The lowest BCUT2D eigenvalue weighted by Gasteiger charge is -2.23. The summed E-state index contributed by atoms with van der Waals surface area (Å²) in [4.78, 5) is 11.8. The summed E-state index contributed by atoms with van der Waals surface area (Å²) in [6.45, 7) is 1.51. The maximum Gasteiger partial charge on any atom is 0.254 e. The second kappa shape index (κ2) is 6.16. The molecule has 18 heavy (non-hydrogen) atoms. The summed E-state index contributed by atoms with van der Waals surface area (Å²) in [6, 6.07) is 4.35. The van der Waals surface area contributed by atoms with Crippen molar-refractivity contribution in [3.63, 3.8) is 0 Å². The molecule has 1 aromatic carbocycles. The van der Waals surface area contributed by atoms with E-state index in [1.165, 1.54) is 25.0 Å². The van der Waals surface area contributed by atoms with Crippen molar-refractivity contribution in [2.45, 2.75) is 25.3 Å². The molecule has 0 radical (unpaired) electrons. The molecule has 1 atom stereocenters. The molecule has 0 spiro atoms. The lowest BCUT2D eigenvalue weighted by atomic mass is 10.0. The Kier molecular flexibility index (Phi) is 4.55. The molecule has 1 aliphatic heterocycles. The number of hydrogen-bond donors (Lipinski definition) is 2. The number of rotatable bonds is 3. The number of nitrogens with one attached hydrogen (secondary N) is 2. The first kappa shape index (κ1) is 13.3. The highest BCUT2D eigenvalue weighted by atomic mass is 35.5. The predicted octanol–water partition coefficient (Wildman–Crippen LogP) is 2.35. The van der Waals surface area contributed by atoms with Gasteiger partial charge in [0.1, 0.15) is 5.82 Å². The number of halogens is 2. The van der Waals surface area contributed by atoms with Crippen molar-refractivity contribution in [3.8, 4) is 0 Å². The zero-order valence-electron chi connectivity index (χ0n) is 10.0. The van der Waals surface area contributed by atoms with Gasteiger partial charge in [-0.2, -0.15) is 0 Å². The van der Waals surface area contributed by atoms with Crippen LogP contribution in [-0.4, -0.2) is 25.0 Å². The molecule has 1 aromatic rings. The fourth-order valence-corrected chi connectivity index (χ4v) is 2.24. The number of carbonyl (C=O) groups is 1. The minimum absolute atomic E-state index is 0.0372. The quantitative estimate of drug-likeness (QED) is 0.885. The third-order valence-corrected chi connectivity index (χ3v) is 3.33. The normalized spacial score (nSPS) is 19.6. The van der Waals surface area contributed by atoms with Crippen molar-refractivity contribution in [1.29, 1.82) is 0 Å². The van der Waals surface area contributed by atoms with Gasteiger partial charge < -0.3 is 10.6 Å². The molecule has 1 unspecified atom stereocenters. The summed E-state index contributed by atoms with van der Waals surface area (Å²) in [5, 5.41) is 6.35. The van der Waals surface area contributed by atoms with Gasteiger partial charge in [-0.1, -0.05) is 18.0 Å². The van der Waals surface area contributed by atoms with E-state index in [4.69, 9.17) is 11.6 Å². The summed E-state index contributed by atoms with van der Waals surface area (Å²) in [6.07, 6.45) is 3.39. The third kappa shape index (κ3) is 3.43. The van der Waals surface area contributed by atoms with Crippen LogP contribution in [0.1, 0.15) is 29.6 Å². The molecule has 0 bridgehead atoms. The second-order valence-corrected chi connectivity index (χ2v) is 4.92. The summed E-state index contributed by atoms with van der Waals surface area (Å²) < 4.78 is 13.5. The fourth-order valence-electron chi connectivity index (χ4n) is 2.08. The van der Waals surface area contributed by atoms with Crippen molar-refractivity contribution >= 4 is 17.5 Å². The smallest absolute Gasteiger partial charge is 0.254 e. The first-order valence-electron chi connectivity index (χ1n) is 6.13. The molecule has 0 aromatic heterocycles. The minimum atomic E-state index is -0.586. The molecular formula is C13H16ClFN2O. The number of benzene rings is 1. The van der Waals surface area contributed by atoms with Crippen molar-refractivity contribution < 1.29 is 9.18 Å². The monoisotopic (exact) mass is 270 g/mol. The topological polar surface area (TPSA) is 41.1 Å². The number of amides is 1. The number of hydrogen-bond acceptors (Lipinski definition) is 2. The van der Waals surface area contributed by atoms with Gasteiger partial charge in [0.05, 0.1) is 5.56 Å². The van der Waals surface area contributed by atoms with E-state index in [2.05, 4.69) is 10.6 Å². The Morgan fingerprint density at radius 2 is 2.33 bits per heavy atom. The molecule has 3 nitrogen and oxygen atoms in total. The maximum absolute atomic E-state index is 13.5. The molecular weight excluding hydrogens is 255 g/mol. The van der Waals surface area contributed by atoms with Gasteiger partial charge in [0.2, 0.25) is 0 Å². The molecule has 2 rings (SSSR count). The maximum atomic E-state index is 13.5. The predicted molar refractivity (Wildman–Crippen MR) is 69.4 cm³/mol. The molecule has 2 N–H and O–H groups in total. The van der Waals surface area contributed by atoms with Crippen LogP contribution in [0, 0.1) is 5.82 Å². The Morgan fingerprint density at radius 3 is 3.00 bits per heavy atom. The molecule has 1 fully saturated rings. The molecule has 1 heterocycles. The minimum Gasteiger partial charge on any atom is -0.350 e. The van der Waals surface area contributed by atoms with Gasteiger partial charge in [0.25, 0.3) is 5.91 Å². The highest BCUT2D eigenvalue weighted by Crippen LogP contribution is 2.14. The van der Waals surface area contributed by atoms with E-state index in [0.29, 0.717) is 6.54 Å². The Bertz CT molecular complexity index is 433. The van der Waals surface area contributed by atoms with Gasteiger partial charge in [-0.15, -0.1) is 0 Å². The van der Waals surface area contributed by atoms with Crippen molar-refractivity contribution in [2.75, 3.05) is 13.1 Å². The van der Waals surface area contributed by atoms with Crippen LogP contribution in [0.25, 0.3) is 0 Å². The van der Waals surface area contributed by atoms with Crippen LogP contribution in [-0.2, 0) is 0 Å². The summed E-state index contributed by atoms with van der Waals surface area (Å²) in [5.41, 5.74) is 0.0372. The van der Waals surface area contributed by atoms with E-state index in [9.17, 15) is 9.18 Å². The zero-order chi connectivity index (χ0) is 13.0. The summed E-state index contributed by atoms with van der Waals surface area (Å²) in [5.74, 6) is -0.979. The van der Waals surface area contributed by atoms with Gasteiger partial charge in [-0.3, -0.25) is 4.79 Å². The largest absolute Gasteiger partial charge is 0.350 e. The highest BCUT2D eigenvalue weighted by Gasteiger charge is 2.16. The van der Waals surface area contributed by atoms with Crippen molar-refractivity contribution in [3.05, 3.63) is 34.6 Å². The van der Waals surface area contributed by atoms with Crippen LogP contribution in [0.3, 0.4) is 0 Å². The van der Waals surface area contributed by atoms with E-state index in [1.807, 2.05) is 0 Å². The second-order valence-electron chi connectivity index (χ2n) is 4.48. The van der Waals surface area contributed by atoms with Gasteiger partial charge >= 0.3 is 0 Å². The standard InChI is InChI=1S/C13H16ClFN2O/c14-9-4-5-11(12(15)7-9)13(18)17-8-10-3-1-2-6-16-10/h4-5,7,10,16H,1-3,6,8H2,(H,17,18). The molecule has 0 aliphatic carbocycles. The van der Waals surface area contributed by atoms with Gasteiger partial charge in [0, 0.05) is 17.6 Å². The van der Waals surface area contributed by atoms with E-state index in [0.717, 1.165) is 19.0 Å². The SMILES string of the molecule is O=C(NCC1CCCCN1)c1ccc(Cl)cc1F. The lowest BCUT2D eigenvalue weighted by molar-refractivity contribution is 0.0943. The average Bonchev–Trinajstić information content (AvgIpc) is 2.37. The fraction of sp³-hybridized carbons (Fsp3) is 0.462. The Morgan fingerprint density at radius 1 is 1.50 bits per heavy atom. The van der Waals surface area contributed by atoms with Crippen LogP contribution < -0.4 is 10.6 Å². The summed E-state index contributed by atoms with van der Waals surface area (Å²) >= 11 is 5.64. The molecule has 1 aliphatic rings. The number of carbonyl (C=O) groups excluding carboxylic acids is 1. The number of piperidine rings is 1. The van der Waals surface area contributed by atoms with Crippen LogP contribution in [0.2, 0.25) is 5.02 Å². The van der Waals surface area contributed by atoms with Crippen molar-refractivity contribution in [2.24, 2.45) is 0 Å². The molecule has 0 saturated carbocycles. The van der Waals surface area contributed by atoms with Crippen molar-refractivity contribution in [1.82, 2.24) is 10.6 Å². The lowest BCUT2D eigenvalue weighted by Crippen LogP contribution is -2.43. The van der Waals surface area contributed by atoms with E-state index in [-0.39, 0.29) is 16.6 Å². The molecule has 98 valence electrons. The summed E-state index contributed by atoms with van der Waals surface area (Å²) in [7, 11) is 0. The van der Waals surface area contributed by atoms with Gasteiger partial charge in [-0.25, -0.2) is 4.39 Å². The van der Waals surface area contributed by atoms with Gasteiger partial charge in [-0.05, 0) is 37.6 Å². The van der Waals surface area contributed by atoms with Crippen LogP contribution in [0.5, 0.6) is 0 Å². The Labute approximate surface area is 111 Å². The third-order valence-electron chi connectivity index (χ3n) is 3.10. The first-order chi connectivity index (χ1) is 8.66. The zero-order valence-corrected chi connectivity index (χ0v) is 10.8. The molecule has 1 saturated heterocycles. The molecule has 1 amide bonds. The highest BCUT2D eigenvalue weighted by molar-refractivity contribution is 6.30. The van der Waals surface area contributed by atoms with Crippen LogP contribution in [0.15, 0.2) is 18.2 Å². The van der Waals surface area contributed by atoms with Crippen LogP contribution in [0.4, 0.5) is 4.39 Å². The Hall–Kier alpha value is -1.13. The van der Waals surface area contributed by atoms with Crippen LogP contribution >= 0.6 is 11.6 Å². The average molecular weight is 271 g/mol. The van der Waals surface area contributed by atoms with Gasteiger partial charge in [0.15, 0.2) is 0 Å². The van der Waals surface area contributed by atoms with E-state index < -0.39 is 11.7 Å². The Balaban J connectivity index is 1.90. The van der Waals surface area contributed by atoms with E-state index in [1.54, 1.807) is 0 Å².